The number of nitrogens with two attached hydrogens (primary N) is 1. The van der Waals surface area contributed by atoms with Crippen LogP contribution in [0.4, 0.5) is 4.53 Å². The Morgan fingerprint density at radius 1 is 1.40 bits per heavy atom. The average Bonchev–Trinajstić information content (AvgIpc) is 2.17. The lowest BCUT2D eigenvalue weighted by molar-refractivity contribution is -0.146. The van der Waals surface area contributed by atoms with E-state index in [9.17, 15) is 4.53 Å². The van der Waals surface area contributed by atoms with E-state index in [1.54, 1.807) is 0 Å². The molecule has 0 aliphatic rings. The highest BCUT2D eigenvalue weighted by molar-refractivity contribution is 4.80. The summed E-state index contributed by atoms with van der Waals surface area (Å²) < 4.78 is 11.8. The Labute approximate surface area is 92.6 Å². The van der Waals surface area contributed by atoms with Gasteiger partial charge < -0.3 is 5.73 Å². The van der Waals surface area contributed by atoms with Crippen molar-refractivity contribution >= 4 is 0 Å². The lowest BCUT2D eigenvalue weighted by atomic mass is 9.96. The zero-order chi connectivity index (χ0) is 11.5. The van der Waals surface area contributed by atoms with Gasteiger partial charge in [0.1, 0.15) is 0 Å². The minimum atomic E-state index is 0.122. The summed E-state index contributed by atoms with van der Waals surface area (Å²) in [6, 6.07) is 0.122. The standard InChI is InChI=1S/C12H24FNO/c1-3-4-5-6-7-8-12(10-15-13)9-11(2)14/h4-5,11-12H,3,6-10,14H2,1-2H3/b5-4+. The molecule has 0 aromatic carbocycles. The molecule has 15 heavy (non-hydrogen) atoms. The second-order valence-corrected chi connectivity index (χ2v) is 4.17. The molecule has 0 amide bonds. The topological polar surface area (TPSA) is 35.2 Å². The highest BCUT2D eigenvalue weighted by Crippen LogP contribution is 2.15. The molecule has 0 heterocycles. The molecule has 0 radical (unpaired) electrons. The van der Waals surface area contributed by atoms with Crippen molar-refractivity contribution in [2.45, 2.75) is 52.0 Å². The molecular weight excluding hydrogens is 193 g/mol. The molecule has 2 atom stereocenters. The first-order valence-electron chi connectivity index (χ1n) is 5.84. The fourth-order valence-corrected chi connectivity index (χ4v) is 1.69. The first kappa shape index (κ1) is 14.6. The van der Waals surface area contributed by atoms with Gasteiger partial charge in [-0.25, -0.2) is 0 Å². The normalized spacial score (nSPS) is 15.7. The maximum absolute atomic E-state index is 11.8. The quantitative estimate of drug-likeness (QED) is 0.474. The van der Waals surface area contributed by atoms with E-state index < -0.39 is 0 Å². The van der Waals surface area contributed by atoms with Gasteiger partial charge in [-0.05, 0) is 49.5 Å². The third-order valence-electron chi connectivity index (χ3n) is 2.39. The van der Waals surface area contributed by atoms with Crippen LogP contribution in [0.15, 0.2) is 12.2 Å². The summed E-state index contributed by atoms with van der Waals surface area (Å²) in [5, 5.41) is 0. The summed E-state index contributed by atoms with van der Waals surface area (Å²) in [7, 11) is 0. The van der Waals surface area contributed by atoms with Crippen LogP contribution in [0, 0.1) is 5.92 Å². The Morgan fingerprint density at radius 2 is 2.13 bits per heavy atom. The van der Waals surface area contributed by atoms with Crippen LogP contribution in [-0.2, 0) is 4.94 Å². The smallest absolute Gasteiger partial charge is 0.0904 e. The van der Waals surface area contributed by atoms with E-state index in [0.29, 0.717) is 0 Å². The molecule has 90 valence electrons. The van der Waals surface area contributed by atoms with E-state index in [2.05, 4.69) is 24.0 Å². The van der Waals surface area contributed by atoms with Crippen molar-refractivity contribution < 1.29 is 9.47 Å². The van der Waals surface area contributed by atoms with Gasteiger partial charge in [-0.1, -0.05) is 19.1 Å². The molecular formula is C12H24FNO. The first-order chi connectivity index (χ1) is 7.20. The van der Waals surface area contributed by atoms with Crippen LogP contribution in [0.3, 0.4) is 0 Å². The predicted octanol–water partition coefficient (Wildman–Crippen LogP) is 3.38. The SMILES string of the molecule is CC/C=C/CCCC(COF)CC(C)N. The third-order valence-corrected chi connectivity index (χ3v) is 2.39. The molecule has 0 fully saturated rings. The molecule has 0 spiro atoms. The summed E-state index contributed by atoms with van der Waals surface area (Å²) in [5.41, 5.74) is 5.68. The van der Waals surface area contributed by atoms with Gasteiger partial charge in [0.2, 0.25) is 0 Å². The molecule has 3 heteroatoms. The molecule has 2 unspecified atom stereocenters. The molecule has 0 rings (SSSR count). The van der Waals surface area contributed by atoms with Crippen molar-refractivity contribution in [3.8, 4) is 0 Å². The van der Waals surface area contributed by atoms with Crippen molar-refractivity contribution in [2.24, 2.45) is 11.7 Å². The van der Waals surface area contributed by atoms with E-state index in [1.165, 1.54) is 0 Å². The van der Waals surface area contributed by atoms with Crippen LogP contribution in [0.2, 0.25) is 0 Å². The van der Waals surface area contributed by atoms with Crippen molar-refractivity contribution in [3.05, 3.63) is 12.2 Å². The summed E-state index contributed by atoms with van der Waals surface area (Å²) >= 11 is 0. The predicted molar refractivity (Wildman–Crippen MR) is 62.1 cm³/mol. The molecule has 0 aromatic heterocycles. The average molecular weight is 217 g/mol. The van der Waals surface area contributed by atoms with Crippen LogP contribution in [0.25, 0.3) is 0 Å². The summed E-state index contributed by atoms with van der Waals surface area (Å²) in [4.78, 5) is 3.71. The Morgan fingerprint density at radius 3 is 2.67 bits per heavy atom. The maximum atomic E-state index is 11.8. The number of hydrogen-bond acceptors (Lipinski definition) is 2. The fraction of sp³-hybridized carbons (Fsp3) is 0.833. The largest absolute Gasteiger partial charge is 0.328 e. The van der Waals surface area contributed by atoms with E-state index in [1.807, 2.05) is 6.92 Å². The van der Waals surface area contributed by atoms with Crippen molar-refractivity contribution in [3.63, 3.8) is 0 Å². The third kappa shape index (κ3) is 9.88. The van der Waals surface area contributed by atoms with Crippen molar-refractivity contribution in [1.82, 2.24) is 0 Å². The zero-order valence-electron chi connectivity index (χ0n) is 9.92. The van der Waals surface area contributed by atoms with E-state index in [-0.39, 0.29) is 18.6 Å². The number of halogens is 1. The Hall–Kier alpha value is -0.410. The number of unbranched alkanes of at least 4 members (excludes halogenated alkanes) is 1. The van der Waals surface area contributed by atoms with Gasteiger partial charge in [0.05, 0.1) is 6.61 Å². The van der Waals surface area contributed by atoms with Gasteiger partial charge in [0.15, 0.2) is 0 Å². The molecule has 2 N–H and O–H groups in total. The summed E-state index contributed by atoms with van der Waals surface area (Å²) in [5.74, 6) is 0.255. The number of allylic oxidation sites excluding steroid dienone is 2. The lowest BCUT2D eigenvalue weighted by Gasteiger charge is -2.15. The van der Waals surface area contributed by atoms with Gasteiger partial charge in [0.25, 0.3) is 0 Å². The van der Waals surface area contributed by atoms with Crippen LogP contribution < -0.4 is 5.73 Å². The maximum Gasteiger partial charge on any atom is 0.0904 e. The van der Waals surface area contributed by atoms with E-state index in [4.69, 9.17) is 5.73 Å². The van der Waals surface area contributed by atoms with Crippen LogP contribution >= 0.6 is 0 Å². The van der Waals surface area contributed by atoms with Crippen LogP contribution in [0.5, 0.6) is 0 Å². The highest BCUT2D eigenvalue weighted by atomic mass is 19.3. The van der Waals surface area contributed by atoms with E-state index >= 15 is 0 Å². The van der Waals surface area contributed by atoms with E-state index in [0.717, 1.165) is 32.1 Å². The van der Waals surface area contributed by atoms with Crippen LogP contribution in [-0.4, -0.2) is 12.6 Å². The van der Waals surface area contributed by atoms with Gasteiger partial charge in [-0.15, -0.1) is 0 Å². The van der Waals surface area contributed by atoms with Gasteiger partial charge >= 0.3 is 0 Å². The number of hydrogen-bond donors (Lipinski definition) is 1. The monoisotopic (exact) mass is 217 g/mol. The van der Waals surface area contributed by atoms with Gasteiger partial charge in [-0.2, -0.15) is 4.94 Å². The Balaban J connectivity index is 3.60. The van der Waals surface area contributed by atoms with Gasteiger partial charge in [-0.3, -0.25) is 0 Å². The molecule has 0 aromatic rings. The second kappa shape index (κ2) is 10.1. The minimum Gasteiger partial charge on any atom is -0.328 e. The van der Waals surface area contributed by atoms with Crippen molar-refractivity contribution in [2.75, 3.05) is 6.61 Å². The molecule has 0 saturated carbocycles. The molecule has 0 saturated heterocycles. The summed E-state index contributed by atoms with van der Waals surface area (Å²) in [6.45, 7) is 4.24. The van der Waals surface area contributed by atoms with Crippen LogP contribution in [0.1, 0.15) is 46.0 Å². The Kier molecular flexibility index (Phi) is 9.84. The zero-order valence-corrected chi connectivity index (χ0v) is 9.92. The Bertz CT molecular complexity index is 160. The van der Waals surface area contributed by atoms with Crippen molar-refractivity contribution in [1.29, 1.82) is 0 Å². The highest BCUT2D eigenvalue weighted by Gasteiger charge is 2.11. The molecule has 0 bridgehead atoms. The first-order valence-corrected chi connectivity index (χ1v) is 5.84. The van der Waals surface area contributed by atoms with Gasteiger partial charge in [0, 0.05) is 6.04 Å². The fourth-order valence-electron chi connectivity index (χ4n) is 1.69. The molecule has 0 aliphatic heterocycles. The summed E-state index contributed by atoms with van der Waals surface area (Å²) in [6.07, 6.45) is 9.38. The lowest BCUT2D eigenvalue weighted by Crippen LogP contribution is -2.21. The minimum absolute atomic E-state index is 0.122. The molecule has 0 aliphatic carbocycles. The number of rotatable bonds is 9. The second-order valence-electron chi connectivity index (χ2n) is 4.17. The molecule has 2 nitrogen and oxygen atoms in total.